The number of hydrogen-bond acceptors (Lipinski definition) is 6. The number of alkyl halides is 3. The number of nitrogens with zero attached hydrogens (tertiary/aromatic N) is 4. The highest BCUT2D eigenvalue weighted by molar-refractivity contribution is 7.64. The molecule has 1 amide bonds. The Balaban J connectivity index is 1.60. The van der Waals surface area contributed by atoms with Gasteiger partial charge in [-0.2, -0.15) is 18.3 Å². The van der Waals surface area contributed by atoms with Crippen molar-refractivity contribution >= 4 is 30.6 Å². The Morgan fingerprint density at radius 1 is 1.08 bits per heavy atom. The zero-order valence-electron chi connectivity index (χ0n) is 19.2. The SMILES string of the molecule is CP(C)c1c(N)ncnc1Oc1ccc(NC(=O)c2cnn(-c3ccc(F)cc3)c2C(F)(F)F)cc1F. The number of nitrogen functional groups attached to an aromatic ring is 1. The molecule has 0 aliphatic carbocycles. The van der Waals surface area contributed by atoms with Gasteiger partial charge < -0.3 is 15.8 Å². The number of aromatic nitrogens is 4. The van der Waals surface area contributed by atoms with E-state index >= 15 is 0 Å². The lowest BCUT2D eigenvalue weighted by Gasteiger charge is -2.15. The molecule has 14 heteroatoms. The topological polar surface area (TPSA) is 108 Å². The lowest BCUT2D eigenvalue weighted by Crippen LogP contribution is -2.20. The molecule has 37 heavy (non-hydrogen) atoms. The number of amides is 1. The van der Waals surface area contributed by atoms with Gasteiger partial charge >= 0.3 is 6.18 Å². The van der Waals surface area contributed by atoms with Crippen LogP contribution >= 0.6 is 7.92 Å². The number of rotatable bonds is 6. The van der Waals surface area contributed by atoms with Crippen molar-refractivity contribution in [2.45, 2.75) is 6.18 Å². The van der Waals surface area contributed by atoms with Crippen LogP contribution in [0.15, 0.2) is 55.0 Å². The second kappa shape index (κ2) is 10.1. The van der Waals surface area contributed by atoms with Crippen molar-refractivity contribution in [1.82, 2.24) is 19.7 Å². The average Bonchev–Trinajstić information content (AvgIpc) is 3.27. The Hall–Kier alpha value is -4.12. The van der Waals surface area contributed by atoms with Gasteiger partial charge in [0.2, 0.25) is 5.88 Å². The van der Waals surface area contributed by atoms with E-state index in [-0.39, 0.29) is 28.8 Å². The van der Waals surface area contributed by atoms with E-state index in [1.807, 2.05) is 13.3 Å². The van der Waals surface area contributed by atoms with E-state index in [2.05, 4.69) is 20.4 Å². The van der Waals surface area contributed by atoms with Crippen LogP contribution in [0, 0.1) is 11.6 Å². The molecule has 0 saturated carbocycles. The zero-order valence-corrected chi connectivity index (χ0v) is 20.1. The molecule has 3 N–H and O–H groups in total. The predicted octanol–water partition coefficient (Wildman–Crippen LogP) is 4.95. The lowest BCUT2D eigenvalue weighted by atomic mass is 10.2. The van der Waals surface area contributed by atoms with Crippen molar-refractivity contribution in [2.75, 3.05) is 24.4 Å². The van der Waals surface area contributed by atoms with Gasteiger partial charge in [-0.05, 0) is 49.7 Å². The first-order chi connectivity index (χ1) is 17.5. The van der Waals surface area contributed by atoms with E-state index in [0.29, 0.717) is 9.99 Å². The summed E-state index contributed by atoms with van der Waals surface area (Å²) in [6.45, 7) is 3.78. The van der Waals surface area contributed by atoms with Crippen LogP contribution in [0.25, 0.3) is 5.69 Å². The van der Waals surface area contributed by atoms with E-state index in [4.69, 9.17) is 10.5 Å². The predicted molar refractivity (Wildman–Crippen MR) is 128 cm³/mol. The molecule has 4 rings (SSSR count). The van der Waals surface area contributed by atoms with Gasteiger partial charge in [-0.15, -0.1) is 0 Å². The molecule has 0 atom stereocenters. The van der Waals surface area contributed by atoms with Crippen molar-refractivity contribution in [3.05, 3.63) is 77.9 Å². The Labute approximate surface area is 208 Å². The Bertz CT molecular complexity index is 1460. The van der Waals surface area contributed by atoms with Crippen molar-refractivity contribution < 1.29 is 31.5 Å². The summed E-state index contributed by atoms with van der Waals surface area (Å²) in [6.07, 6.45) is -3.08. The Kier molecular flexibility index (Phi) is 7.08. The van der Waals surface area contributed by atoms with Crippen molar-refractivity contribution in [1.29, 1.82) is 0 Å². The van der Waals surface area contributed by atoms with Crippen LogP contribution < -0.4 is 21.1 Å². The second-order valence-corrected chi connectivity index (χ2v) is 10.0. The maximum atomic E-state index is 14.8. The minimum atomic E-state index is -4.98. The summed E-state index contributed by atoms with van der Waals surface area (Å²) in [5.41, 5.74) is 3.46. The normalized spacial score (nSPS) is 11.6. The number of nitrogens with two attached hydrogens (primary N) is 1. The molecule has 4 aromatic rings. The lowest BCUT2D eigenvalue weighted by molar-refractivity contribution is -0.143. The monoisotopic (exact) mass is 536 g/mol. The second-order valence-electron chi connectivity index (χ2n) is 7.80. The van der Waals surface area contributed by atoms with E-state index in [1.165, 1.54) is 18.5 Å². The Morgan fingerprint density at radius 2 is 1.78 bits per heavy atom. The minimum Gasteiger partial charge on any atom is -0.435 e. The minimum absolute atomic E-state index is 0.0716. The van der Waals surface area contributed by atoms with E-state index in [9.17, 15) is 26.7 Å². The highest BCUT2D eigenvalue weighted by atomic mass is 31.1. The van der Waals surface area contributed by atoms with E-state index in [0.717, 1.165) is 36.5 Å². The van der Waals surface area contributed by atoms with Crippen LogP contribution in [0.1, 0.15) is 16.1 Å². The van der Waals surface area contributed by atoms with Crippen LogP contribution in [0.3, 0.4) is 0 Å². The molecule has 0 fully saturated rings. The molecule has 2 aromatic heterocycles. The molecule has 0 spiro atoms. The third kappa shape index (κ3) is 5.51. The first-order valence-electron chi connectivity index (χ1n) is 10.4. The third-order valence-corrected chi connectivity index (χ3v) is 6.33. The van der Waals surface area contributed by atoms with Gasteiger partial charge in [0.05, 0.1) is 22.8 Å². The Morgan fingerprint density at radius 3 is 2.41 bits per heavy atom. The molecule has 8 nitrogen and oxygen atoms in total. The molecule has 0 unspecified atom stereocenters. The number of carbonyl (C=O) groups is 1. The number of nitrogens with one attached hydrogen (secondary N) is 1. The number of halogens is 5. The van der Waals surface area contributed by atoms with Gasteiger partial charge in [-0.25, -0.2) is 23.4 Å². The third-order valence-electron chi connectivity index (χ3n) is 5.01. The first-order valence-corrected chi connectivity index (χ1v) is 12.7. The summed E-state index contributed by atoms with van der Waals surface area (Å²) in [4.78, 5) is 20.6. The van der Waals surface area contributed by atoms with Crippen LogP contribution in [0.5, 0.6) is 11.6 Å². The van der Waals surface area contributed by atoms with Gasteiger partial charge in [0.1, 0.15) is 18.0 Å². The number of anilines is 2. The molecule has 0 aliphatic rings. The molecule has 2 heterocycles. The molecule has 0 bridgehead atoms. The quantitative estimate of drug-likeness (QED) is 0.267. The molecule has 0 aliphatic heterocycles. The highest BCUT2D eigenvalue weighted by Gasteiger charge is 2.40. The first kappa shape index (κ1) is 26.0. The summed E-state index contributed by atoms with van der Waals surface area (Å²) >= 11 is 0. The fraction of sp³-hybridized carbons (Fsp3) is 0.130. The van der Waals surface area contributed by atoms with Crippen LogP contribution in [-0.2, 0) is 6.18 Å². The molecular formula is C23H18F5N6O2P. The van der Waals surface area contributed by atoms with Crippen molar-refractivity contribution in [2.24, 2.45) is 0 Å². The highest BCUT2D eigenvalue weighted by Crippen LogP contribution is 2.35. The molecule has 0 saturated heterocycles. The van der Waals surface area contributed by atoms with Gasteiger partial charge in [-0.1, -0.05) is 7.92 Å². The summed E-state index contributed by atoms with van der Waals surface area (Å²) in [7, 11) is -0.789. The van der Waals surface area contributed by atoms with Gasteiger partial charge in [0, 0.05) is 11.8 Å². The van der Waals surface area contributed by atoms with Gasteiger partial charge in [0.15, 0.2) is 17.3 Å². The van der Waals surface area contributed by atoms with Gasteiger partial charge in [0.25, 0.3) is 5.91 Å². The summed E-state index contributed by atoms with van der Waals surface area (Å²) in [6, 6.07) is 7.42. The number of hydrogen-bond donors (Lipinski definition) is 2. The number of benzene rings is 2. The van der Waals surface area contributed by atoms with E-state index < -0.39 is 42.9 Å². The summed E-state index contributed by atoms with van der Waals surface area (Å²) < 4.78 is 75.5. The molecule has 2 aromatic carbocycles. The number of carbonyl (C=O) groups excluding carboxylic acids is 1. The fourth-order valence-corrected chi connectivity index (χ4v) is 4.40. The zero-order chi connectivity index (χ0) is 26.9. The van der Waals surface area contributed by atoms with Crippen molar-refractivity contribution in [3.63, 3.8) is 0 Å². The van der Waals surface area contributed by atoms with Gasteiger partial charge in [-0.3, -0.25) is 4.79 Å². The molecule has 192 valence electrons. The van der Waals surface area contributed by atoms with Crippen molar-refractivity contribution in [3.8, 4) is 17.3 Å². The van der Waals surface area contributed by atoms with E-state index in [1.54, 1.807) is 0 Å². The number of ether oxygens (including phenoxy) is 1. The summed E-state index contributed by atoms with van der Waals surface area (Å²) in [5, 5.41) is 6.41. The summed E-state index contributed by atoms with van der Waals surface area (Å²) in [5.74, 6) is -2.71. The maximum Gasteiger partial charge on any atom is 0.434 e. The standard InChI is InChI=1S/C23H18F5N6O2P/c1-37(2)18-20(29)30-11-31-22(18)36-17-8-5-13(9-16(17)25)33-21(35)15-10-32-34(19(15)23(26,27)28)14-6-3-12(24)4-7-14/h3-11H,1-2H3,(H,33,35)(H2,29,30,31). The molecule has 0 radical (unpaired) electrons. The maximum absolute atomic E-state index is 14.8. The largest absolute Gasteiger partial charge is 0.435 e. The molecular weight excluding hydrogens is 518 g/mol. The van der Waals surface area contributed by atoms with Crippen LogP contribution in [-0.4, -0.2) is 39.0 Å². The van der Waals surface area contributed by atoms with Crippen LogP contribution in [0.2, 0.25) is 0 Å². The average molecular weight is 536 g/mol. The van der Waals surface area contributed by atoms with Crippen LogP contribution in [0.4, 0.5) is 33.5 Å². The smallest absolute Gasteiger partial charge is 0.434 e. The fourth-order valence-electron chi connectivity index (χ4n) is 3.40.